The fourth-order valence-electron chi connectivity index (χ4n) is 11.7. The number of carbonyl (C=O) groups excluding carboxylic acids is 7. The molecule has 117 heavy (non-hydrogen) atoms. The molecule has 8 rings (SSSR count). The first-order valence-corrected chi connectivity index (χ1v) is 41.9. The first-order chi connectivity index (χ1) is 55.0. The normalized spacial score (nSPS) is 15.6. The number of piperazine rings is 5. The van der Waals surface area contributed by atoms with E-state index < -0.39 is 27.8 Å². The minimum Gasteiger partial charge on any atom is -0.449 e. The molecule has 4 N–H and O–H groups in total. The summed E-state index contributed by atoms with van der Waals surface area (Å²) in [4.78, 5) is 104. The van der Waals surface area contributed by atoms with Gasteiger partial charge in [0.25, 0.3) is 0 Å². The summed E-state index contributed by atoms with van der Waals surface area (Å²) in [6.45, 7) is 49.0. The number of amides is 6. The van der Waals surface area contributed by atoms with Crippen molar-refractivity contribution in [3.05, 3.63) is 108 Å². The van der Waals surface area contributed by atoms with E-state index in [0.29, 0.717) is 45.3 Å². The molecule has 5 heterocycles. The molecule has 0 atom stereocenters. The molecule has 0 aliphatic carbocycles. The van der Waals surface area contributed by atoms with Gasteiger partial charge >= 0.3 is 42.0 Å². The van der Waals surface area contributed by atoms with Crippen molar-refractivity contribution < 1.29 is 81.7 Å². The van der Waals surface area contributed by atoms with Crippen LogP contribution >= 0.6 is 36.6 Å². The number of aliphatic hydroxyl groups excluding tert-OH is 2. The van der Waals surface area contributed by atoms with E-state index in [1.807, 2.05) is 181 Å². The number of nitrogens with one attached hydrogen (secondary N) is 2. The summed E-state index contributed by atoms with van der Waals surface area (Å²) in [5, 5.41) is 22.2. The second-order valence-corrected chi connectivity index (χ2v) is 33.0. The summed E-state index contributed by atoms with van der Waals surface area (Å²) in [5.41, 5.74) is 0.445. The summed E-state index contributed by atoms with van der Waals surface area (Å²) in [5.74, 6) is 0.479. The number of benzene rings is 3. The molecule has 0 spiro atoms. The Morgan fingerprint density at radius 2 is 0.701 bits per heavy atom. The van der Waals surface area contributed by atoms with Gasteiger partial charge in [-0.3, -0.25) is 19.6 Å². The van der Waals surface area contributed by atoms with E-state index in [4.69, 9.17) is 55.0 Å². The minimum absolute atomic E-state index is 0. The lowest BCUT2D eigenvalue weighted by Gasteiger charge is -2.35. The second kappa shape index (κ2) is 61.5. The molecule has 670 valence electrons. The minimum atomic E-state index is -0.770. The average Bonchev–Trinajstić information content (AvgIpc) is 0.879. The van der Waals surface area contributed by atoms with Crippen LogP contribution in [-0.4, -0.2) is 359 Å². The van der Waals surface area contributed by atoms with Crippen LogP contribution in [0, 0.1) is 0 Å². The lowest BCUT2D eigenvalue weighted by molar-refractivity contribution is 0.0130. The van der Waals surface area contributed by atoms with E-state index in [9.17, 15) is 33.6 Å². The molecule has 5 aliphatic rings. The molecule has 0 radical (unpaired) electrons. The highest BCUT2D eigenvalue weighted by Crippen LogP contribution is 2.18. The summed E-state index contributed by atoms with van der Waals surface area (Å²) in [7, 11) is 6.53. The Kier molecular flexibility index (Phi) is 57.0. The van der Waals surface area contributed by atoms with Gasteiger partial charge in [0.2, 0.25) is 0 Å². The van der Waals surface area contributed by atoms with Crippen LogP contribution in [0.2, 0.25) is 0 Å². The predicted octanol–water partition coefficient (Wildman–Crippen LogP) is 11.2. The van der Waals surface area contributed by atoms with E-state index in [1.165, 1.54) is 0 Å². The van der Waals surface area contributed by atoms with Crippen LogP contribution in [0.25, 0.3) is 0 Å². The van der Waals surface area contributed by atoms with Gasteiger partial charge in [0.05, 0.1) is 5.94 Å². The number of halogens is 2. The van der Waals surface area contributed by atoms with E-state index >= 15 is 0 Å². The van der Waals surface area contributed by atoms with E-state index in [0.717, 1.165) is 213 Å². The second-order valence-electron chi connectivity index (χ2n) is 32.4. The van der Waals surface area contributed by atoms with Gasteiger partial charge in [-0.05, 0) is 165 Å². The molecule has 5 aliphatic heterocycles. The van der Waals surface area contributed by atoms with Gasteiger partial charge in [-0.1, -0.05) is 91.0 Å². The molecule has 0 saturated carbocycles. The standard InChI is InChI=1S/C21H33N3O4.C16H25N3O2.C13H27N3O2.C13H26N2O3S.C12H24N2O3.C8H7ClO2.CH4O.ClH/c1-21(2,3)28-20(26)24-15-13-23(14-16-24)12-8-11-22(4)19(25)27-17-18-9-6-5-7-10-18;1-18(10-5-11-19-12-8-17-9-13-19)16(20)21-14-15-6-3-2-4-7-15;1-13(2,3)18-12(17)16-10-8-15(9-11-16)7-5-6-14-4;1-13(2,3)18-12(16)15-8-6-14(7-9-15)5-4-10-17-11-19;1-12(2,3)17-11(16)14-8-6-13(7-9-14)5-4-10-15;9-8(10)11-6-7-4-2-1-3-5-7;1-2;/h5-7,9-10H,8,11-17H2,1-4H3;2-4,6-7,17H,5,8-14H2,1H3;14H,5-11H2,1-4H3;19H,4-11H2,1-3H3;15H,4-10H2,1-3H3;1-5H,6H2;2H,1H3;1H. The van der Waals surface area contributed by atoms with Gasteiger partial charge in [-0.15, -0.1) is 12.4 Å². The summed E-state index contributed by atoms with van der Waals surface area (Å²) >= 11 is 8.96. The van der Waals surface area contributed by atoms with Crippen LogP contribution in [0.3, 0.4) is 0 Å². The van der Waals surface area contributed by atoms with Gasteiger partial charge in [0.15, 0.2) is 0 Å². The van der Waals surface area contributed by atoms with Crippen LogP contribution < -0.4 is 10.6 Å². The van der Waals surface area contributed by atoms with Gasteiger partial charge in [0.1, 0.15) is 42.2 Å². The number of rotatable bonds is 26. The van der Waals surface area contributed by atoms with E-state index in [1.54, 1.807) is 43.5 Å². The third-order valence-corrected chi connectivity index (χ3v) is 18.1. The molecule has 3 aromatic carbocycles. The first-order valence-electron chi connectivity index (χ1n) is 40.9. The predicted molar refractivity (Wildman–Crippen MR) is 467 cm³/mol. The highest BCUT2D eigenvalue weighted by atomic mass is 35.5. The molecular formula is C84H147Cl2N13O17S. The van der Waals surface area contributed by atoms with Gasteiger partial charge in [-0.2, -0.15) is 12.6 Å². The Bertz CT molecular complexity index is 3090. The fourth-order valence-corrected chi connectivity index (χ4v) is 11.9. The Morgan fingerprint density at radius 3 is 0.974 bits per heavy atom. The van der Waals surface area contributed by atoms with Crippen molar-refractivity contribution in [2.24, 2.45) is 0 Å². The molecular weight excluding hydrogens is 1570 g/mol. The van der Waals surface area contributed by atoms with Crippen LogP contribution in [0.4, 0.5) is 33.6 Å². The molecule has 33 heteroatoms. The van der Waals surface area contributed by atoms with Crippen LogP contribution in [0.5, 0.6) is 0 Å². The zero-order chi connectivity index (χ0) is 86.4. The monoisotopic (exact) mass is 1710 g/mol. The zero-order valence-corrected chi connectivity index (χ0v) is 75.9. The molecule has 5 fully saturated rings. The van der Waals surface area contributed by atoms with Crippen LogP contribution in [-0.2, 0) is 57.7 Å². The maximum Gasteiger partial charge on any atom is 0.410 e. The summed E-state index contributed by atoms with van der Waals surface area (Å²) in [6, 6.07) is 28.8. The van der Waals surface area contributed by atoms with Gasteiger partial charge < -0.3 is 93.0 Å². The number of ether oxygens (including phenoxy) is 8. The van der Waals surface area contributed by atoms with E-state index in [2.05, 4.69) is 52.5 Å². The molecule has 5 saturated heterocycles. The van der Waals surface area contributed by atoms with Crippen LogP contribution in [0.15, 0.2) is 91.0 Å². The molecule has 0 bridgehead atoms. The quantitative estimate of drug-likeness (QED) is 0.0164. The maximum atomic E-state index is 12.1. The highest BCUT2D eigenvalue weighted by Gasteiger charge is 2.30. The molecule has 30 nitrogen and oxygen atoms in total. The molecule has 6 amide bonds. The summed E-state index contributed by atoms with van der Waals surface area (Å²) < 4.78 is 41.8. The Morgan fingerprint density at radius 1 is 0.427 bits per heavy atom. The van der Waals surface area contributed by atoms with Crippen molar-refractivity contribution >= 4 is 78.6 Å². The third kappa shape index (κ3) is 55.0. The lowest BCUT2D eigenvalue weighted by atomic mass is 10.2. The first kappa shape index (κ1) is 108. The Hall–Kier alpha value is -6.72. The van der Waals surface area contributed by atoms with E-state index in [-0.39, 0.29) is 68.8 Å². The Labute approximate surface area is 716 Å². The molecule has 0 unspecified atom stereocenters. The number of hydrogen-bond donors (Lipinski definition) is 5. The number of thiol groups is 1. The van der Waals surface area contributed by atoms with Crippen molar-refractivity contribution in [1.29, 1.82) is 0 Å². The van der Waals surface area contributed by atoms with Gasteiger partial charge in [-0.25, -0.2) is 33.6 Å². The topological polar surface area (TPSA) is 293 Å². The number of aliphatic hydroxyl groups is 2. The number of hydrogen-bond acceptors (Lipinski definition) is 25. The highest BCUT2D eigenvalue weighted by molar-refractivity contribution is 7.80. The average molecular weight is 1710 g/mol. The third-order valence-electron chi connectivity index (χ3n) is 17.9. The van der Waals surface area contributed by atoms with Crippen molar-refractivity contribution in [3.8, 4) is 0 Å². The maximum absolute atomic E-state index is 12.1. The van der Waals surface area contributed by atoms with Crippen molar-refractivity contribution in [2.75, 3.05) is 231 Å². The van der Waals surface area contributed by atoms with Crippen LogP contribution in [0.1, 0.15) is 132 Å². The SMILES string of the molecule is CC(C)(C)OC(=O)N1CCN(CCCO)CC1.CC(C)(C)OC(=O)N1CCN(CCCOCS)CC1.CN(CCCN1CCN(C(=O)OC(C)(C)C)CC1)C(=O)OCc1ccccc1.CN(CCCN1CCNCC1)C(=O)OCc1ccccc1.CNCCCN1CCN(C(=O)OC(C)(C)C)CC1.CO.Cl.O=C(Cl)OCc1ccccc1. The number of nitrogens with zero attached hydrogens (tertiary/aromatic N) is 11. The zero-order valence-electron chi connectivity index (χ0n) is 73.4. The smallest absolute Gasteiger partial charge is 0.410 e. The van der Waals surface area contributed by atoms with Crippen molar-refractivity contribution in [2.45, 2.75) is 157 Å². The number of carbonyl (C=O) groups is 7. The largest absolute Gasteiger partial charge is 0.449 e. The van der Waals surface area contributed by atoms with Crippen molar-refractivity contribution in [3.63, 3.8) is 0 Å². The van der Waals surface area contributed by atoms with Crippen molar-refractivity contribution in [1.82, 2.24) is 64.5 Å². The molecule has 0 aromatic heterocycles. The lowest BCUT2D eigenvalue weighted by Crippen LogP contribution is -2.50. The fraction of sp³-hybridized carbons (Fsp3) is 0.702. The van der Waals surface area contributed by atoms with Gasteiger partial charge in [0, 0.05) is 203 Å². The summed E-state index contributed by atoms with van der Waals surface area (Å²) in [6.07, 6.45) is 3.40. The Balaban J connectivity index is 0.000000710. The molecule has 3 aromatic rings.